The van der Waals surface area contributed by atoms with Crippen LogP contribution in [0.3, 0.4) is 0 Å². The second-order valence-electron chi connectivity index (χ2n) is 3.52. The third kappa shape index (κ3) is 3.33. The van der Waals surface area contributed by atoms with Crippen molar-refractivity contribution in [3.63, 3.8) is 0 Å². The molecule has 0 spiro atoms. The Labute approximate surface area is 98.7 Å². The molecule has 0 aliphatic rings. The minimum Gasteiger partial charge on any atom is -0.480 e. The number of carboxylic acids is 1. The second kappa shape index (κ2) is 4.60. The molecular weight excluding hydrogens is 246 g/mol. The molecule has 0 bridgehead atoms. The number of nitrogens with zero attached hydrogens (tertiary/aromatic N) is 1. The van der Waals surface area contributed by atoms with Crippen molar-refractivity contribution in [2.75, 3.05) is 24.2 Å². The summed E-state index contributed by atoms with van der Waals surface area (Å²) < 4.78 is 22.7. The summed E-state index contributed by atoms with van der Waals surface area (Å²) in [4.78, 5) is 11.6. The van der Waals surface area contributed by atoms with Gasteiger partial charge in [0, 0.05) is 12.7 Å². The van der Waals surface area contributed by atoms with E-state index in [0.29, 0.717) is 0 Å². The zero-order valence-corrected chi connectivity index (χ0v) is 9.94. The van der Waals surface area contributed by atoms with E-state index in [9.17, 15) is 13.2 Å². The first-order valence-electron chi connectivity index (χ1n) is 4.57. The number of hydrogen-bond acceptors (Lipinski definition) is 5. The van der Waals surface area contributed by atoms with Crippen LogP contribution in [0.2, 0.25) is 0 Å². The Balaban J connectivity index is 3.29. The van der Waals surface area contributed by atoms with E-state index in [4.69, 9.17) is 16.0 Å². The molecule has 0 heterocycles. The highest BCUT2D eigenvalue weighted by molar-refractivity contribution is 7.89. The molecule has 0 unspecified atom stereocenters. The quantitative estimate of drug-likeness (QED) is 0.622. The van der Waals surface area contributed by atoms with Crippen LogP contribution in [0.5, 0.6) is 0 Å². The molecule has 7 nitrogen and oxygen atoms in total. The normalized spacial score (nSPS) is 11.2. The molecule has 0 fully saturated rings. The average Bonchev–Trinajstić information content (AvgIpc) is 2.14. The van der Waals surface area contributed by atoms with Crippen molar-refractivity contribution in [3.05, 3.63) is 18.2 Å². The molecule has 0 aliphatic carbocycles. The molecule has 0 radical (unpaired) electrons. The highest BCUT2D eigenvalue weighted by Crippen LogP contribution is 2.25. The monoisotopic (exact) mass is 259 g/mol. The maximum absolute atomic E-state index is 11.3. The Bertz CT molecular complexity index is 541. The van der Waals surface area contributed by atoms with Gasteiger partial charge in [-0.15, -0.1) is 0 Å². The summed E-state index contributed by atoms with van der Waals surface area (Å²) in [6, 6.07) is 4.09. The van der Waals surface area contributed by atoms with Crippen LogP contribution < -0.4 is 15.8 Å². The summed E-state index contributed by atoms with van der Waals surface area (Å²) in [6.07, 6.45) is 0. The van der Waals surface area contributed by atoms with E-state index in [0.717, 1.165) is 0 Å². The van der Waals surface area contributed by atoms with Gasteiger partial charge in [-0.3, -0.25) is 4.79 Å². The number of primary sulfonamides is 1. The minimum absolute atomic E-state index is 0.193. The lowest BCUT2D eigenvalue weighted by molar-refractivity contribution is -0.135. The molecule has 0 saturated carbocycles. The van der Waals surface area contributed by atoms with Gasteiger partial charge in [0.25, 0.3) is 0 Å². The number of anilines is 2. The SMILES string of the molecule is CN(CC(=O)O)c1ccc(N)cc1S(N)(=O)=O. The fourth-order valence-corrected chi connectivity index (χ4v) is 2.18. The third-order valence-electron chi connectivity index (χ3n) is 2.07. The number of nitrogens with two attached hydrogens (primary N) is 2. The Morgan fingerprint density at radius 3 is 2.53 bits per heavy atom. The van der Waals surface area contributed by atoms with E-state index in [1.165, 1.54) is 30.1 Å². The Kier molecular flexibility index (Phi) is 3.59. The molecule has 8 heteroatoms. The van der Waals surface area contributed by atoms with Crippen molar-refractivity contribution in [2.45, 2.75) is 4.90 Å². The summed E-state index contributed by atoms with van der Waals surface area (Å²) in [5.74, 6) is -1.08. The molecule has 0 aliphatic heterocycles. The lowest BCUT2D eigenvalue weighted by atomic mass is 10.2. The smallest absolute Gasteiger partial charge is 0.323 e. The fraction of sp³-hybridized carbons (Fsp3) is 0.222. The van der Waals surface area contributed by atoms with E-state index in [-0.39, 0.29) is 22.8 Å². The minimum atomic E-state index is -3.95. The summed E-state index contributed by atoms with van der Waals surface area (Å²) in [6.45, 7) is -0.341. The first-order valence-corrected chi connectivity index (χ1v) is 6.11. The van der Waals surface area contributed by atoms with Gasteiger partial charge in [-0.05, 0) is 18.2 Å². The molecule has 1 aromatic rings. The van der Waals surface area contributed by atoms with Crippen molar-refractivity contribution in [2.24, 2.45) is 5.14 Å². The van der Waals surface area contributed by atoms with Crippen LogP contribution in [0.4, 0.5) is 11.4 Å². The van der Waals surface area contributed by atoms with Crippen LogP contribution in [-0.4, -0.2) is 33.1 Å². The van der Waals surface area contributed by atoms with Crippen molar-refractivity contribution < 1.29 is 18.3 Å². The maximum atomic E-state index is 11.3. The molecule has 17 heavy (non-hydrogen) atoms. The van der Waals surface area contributed by atoms with Crippen molar-refractivity contribution in [1.82, 2.24) is 0 Å². The first-order chi connectivity index (χ1) is 7.71. The average molecular weight is 259 g/mol. The van der Waals surface area contributed by atoms with Gasteiger partial charge in [-0.25, -0.2) is 13.6 Å². The number of benzene rings is 1. The number of carbonyl (C=O) groups is 1. The number of aliphatic carboxylic acids is 1. The number of sulfonamides is 1. The van der Waals surface area contributed by atoms with Gasteiger partial charge in [0.15, 0.2) is 0 Å². The zero-order chi connectivity index (χ0) is 13.2. The van der Waals surface area contributed by atoms with E-state index in [1.807, 2.05) is 0 Å². The van der Waals surface area contributed by atoms with Gasteiger partial charge >= 0.3 is 5.97 Å². The van der Waals surface area contributed by atoms with E-state index in [2.05, 4.69) is 0 Å². The van der Waals surface area contributed by atoms with Gasteiger partial charge in [0.1, 0.15) is 11.4 Å². The number of carboxylic acid groups (broad SMARTS) is 1. The van der Waals surface area contributed by atoms with Crippen LogP contribution in [0.1, 0.15) is 0 Å². The molecule has 1 aromatic carbocycles. The van der Waals surface area contributed by atoms with Crippen LogP contribution in [0.25, 0.3) is 0 Å². The van der Waals surface area contributed by atoms with E-state index in [1.54, 1.807) is 0 Å². The maximum Gasteiger partial charge on any atom is 0.323 e. The number of likely N-dealkylation sites (N-methyl/N-ethyl adjacent to an activating group) is 1. The lowest BCUT2D eigenvalue weighted by Gasteiger charge is -2.19. The van der Waals surface area contributed by atoms with Crippen LogP contribution in [-0.2, 0) is 14.8 Å². The van der Waals surface area contributed by atoms with Crippen molar-refractivity contribution in [1.29, 1.82) is 0 Å². The van der Waals surface area contributed by atoms with Gasteiger partial charge in [-0.1, -0.05) is 0 Å². The molecule has 0 amide bonds. The largest absolute Gasteiger partial charge is 0.480 e. The van der Waals surface area contributed by atoms with E-state index >= 15 is 0 Å². The Hall–Kier alpha value is -1.80. The van der Waals surface area contributed by atoms with Crippen LogP contribution in [0, 0.1) is 0 Å². The fourth-order valence-electron chi connectivity index (χ4n) is 1.36. The van der Waals surface area contributed by atoms with Crippen molar-refractivity contribution in [3.8, 4) is 0 Å². The van der Waals surface area contributed by atoms with E-state index < -0.39 is 16.0 Å². The summed E-state index contributed by atoms with van der Waals surface area (Å²) in [5, 5.41) is 13.7. The summed E-state index contributed by atoms with van der Waals surface area (Å²) in [5.41, 5.74) is 5.91. The number of nitrogen functional groups attached to an aromatic ring is 1. The second-order valence-corrected chi connectivity index (χ2v) is 5.05. The Morgan fingerprint density at radius 2 is 2.06 bits per heavy atom. The van der Waals surface area contributed by atoms with Gasteiger partial charge in [-0.2, -0.15) is 0 Å². The van der Waals surface area contributed by atoms with Gasteiger partial charge < -0.3 is 15.7 Å². The third-order valence-corrected chi connectivity index (χ3v) is 3.01. The predicted molar refractivity (Wildman–Crippen MR) is 63.1 cm³/mol. The molecule has 0 atom stereocenters. The summed E-state index contributed by atoms with van der Waals surface area (Å²) in [7, 11) is -2.50. The van der Waals surface area contributed by atoms with Gasteiger partial charge in [0.05, 0.1) is 5.69 Å². The van der Waals surface area contributed by atoms with Crippen LogP contribution >= 0.6 is 0 Å². The molecule has 5 N–H and O–H groups in total. The first kappa shape index (κ1) is 13.3. The Morgan fingerprint density at radius 1 is 1.47 bits per heavy atom. The van der Waals surface area contributed by atoms with Crippen LogP contribution in [0.15, 0.2) is 23.1 Å². The highest BCUT2D eigenvalue weighted by Gasteiger charge is 2.18. The van der Waals surface area contributed by atoms with Gasteiger partial charge in [0.2, 0.25) is 10.0 Å². The highest BCUT2D eigenvalue weighted by atomic mass is 32.2. The summed E-state index contributed by atoms with van der Waals surface area (Å²) >= 11 is 0. The molecule has 1 rings (SSSR count). The topological polar surface area (TPSA) is 127 Å². The molecule has 0 aromatic heterocycles. The molecule has 94 valence electrons. The molecular formula is C9H13N3O4S. The lowest BCUT2D eigenvalue weighted by Crippen LogP contribution is -2.27. The number of hydrogen-bond donors (Lipinski definition) is 3. The zero-order valence-electron chi connectivity index (χ0n) is 9.12. The number of rotatable bonds is 4. The molecule has 0 saturated heterocycles. The predicted octanol–water partition coefficient (Wildman–Crippen LogP) is -0.563. The standard InChI is InChI=1S/C9H13N3O4S/c1-12(5-9(13)14)7-3-2-6(10)4-8(7)17(11,15)16/h2-4H,5,10H2,1H3,(H,13,14)(H2,11,15,16). The van der Waals surface area contributed by atoms with Crippen molar-refractivity contribution >= 4 is 27.4 Å².